The molecule has 0 unspecified atom stereocenters. The fourth-order valence-electron chi connectivity index (χ4n) is 5.04. The maximum absolute atomic E-state index is 14.0. The van der Waals surface area contributed by atoms with Crippen LogP contribution < -0.4 is 4.74 Å². The molecular formula is C26H32Cl2N2O4S. The van der Waals surface area contributed by atoms with Crippen LogP contribution in [0.25, 0.3) is 0 Å². The van der Waals surface area contributed by atoms with Gasteiger partial charge in [-0.05, 0) is 68.9 Å². The molecule has 2 atom stereocenters. The maximum atomic E-state index is 14.0. The highest BCUT2D eigenvalue weighted by Gasteiger charge is 2.40. The van der Waals surface area contributed by atoms with Crippen LogP contribution in [0.1, 0.15) is 62.2 Å². The lowest BCUT2D eigenvalue weighted by Gasteiger charge is -2.40. The second kappa shape index (κ2) is 11.5. The fraction of sp³-hybridized carbons (Fsp3) is 0.500. The van der Waals surface area contributed by atoms with Crippen molar-refractivity contribution < 1.29 is 17.9 Å². The molecule has 1 aliphatic carbocycles. The molecule has 1 heterocycles. The second-order valence-corrected chi connectivity index (χ2v) is 11.9. The van der Waals surface area contributed by atoms with Gasteiger partial charge >= 0.3 is 0 Å². The van der Waals surface area contributed by atoms with Gasteiger partial charge in [-0.3, -0.25) is 4.79 Å². The number of halogens is 2. The molecule has 0 aromatic heterocycles. The summed E-state index contributed by atoms with van der Waals surface area (Å²) in [4.78, 5) is 15.3. The average Bonchev–Trinajstić information content (AvgIpc) is 2.84. The predicted molar refractivity (Wildman–Crippen MR) is 139 cm³/mol. The van der Waals surface area contributed by atoms with E-state index in [-0.39, 0.29) is 28.0 Å². The van der Waals surface area contributed by atoms with Gasteiger partial charge in [-0.1, -0.05) is 48.7 Å². The Bertz CT molecular complexity index is 1160. The Morgan fingerprint density at radius 1 is 1.00 bits per heavy atom. The number of amides is 1. The number of nitrogens with zero attached hydrogens (tertiary/aromatic N) is 2. The minimum Gasteiger partial charge on any atom is -0.488 e. The lowest BCUT2D eigenvalue weighted by molar-refractivity contribution is 0.0636. The van der Waals surface area contributed by atoms with E-state index in [0.717, 1.165) is 19.3 Å². The van der Waals surface area contributed by atoms with Crippen molar-refractivity contribution >= 4 is 39.1 Å². The largest absolute Gasteiger partial charge is 0.488 e. The molecular weight excluding hydrogens is 507 g/mol. The molecule has 0 N–H and O–H groups in total. The predicted octanol–water partition coefficient (Wildman–Crippen LogP) is 6.02. The minimum atomic E-state index is -3.93. The summed E-state index contributed by atoms with van der Waals surface area (Å²) >= 11 is 12.5. The Morgan fingerprint density at radius 3 is 2.54 bits per heavy atom. The van der Waals surface area contributed by atoms with Crippen LogP contribution in [-0.2, 0) is 10.0 Å². The van der Waals surface area contributed by atoms with Gasteiger partial charge in [0.25, 0.3) is 5.91 Å². The first-order valence-corrected chi connectivity index (χ1v) is 14.5. The highest BCUT2D eigenvalue weighted by atomic mass is 35.5. The zero-order valence-electron chi connectivity index (χ0n) is 20.0. The van der Waals surface area contributed by atoms with Gasteiger partial charge in [-0.15, -0.1) is 0 Å². The summed E-state index contributed by atoms with van der Waals surface area (Å²) in [5.74, 6) is 0.472. The molecule has 0 radical (unpaired) electrons. The Balaban J connectivity index is 1.76. The molecule has 2 aromatic carbocycles. The number of carbonyl (C=O) groups is 1. The van der Waals surface area contributed by atoms with E-state index in [2.05, 4.69) is 0 Å². The summed E-state index contributed by atoms with van der Waals surface area (Å²) in [6.45, 7) is 3.56. The number of benzene rings is 2. The van der Waals surface area contributed by atoms with Crippen molar-refractivity contribution in [1.29, 1.82) is 0 Å². The second-order valence-electron chi connectivity index (χ2n) is 9.19. The Labute approximate surface area is 218 Å². The summed E-state index contributed by atoms with van der Waals surface area (Å²) in [5.41, 5.74) is 0.526. The average molecular weight is 540 g/mol. The third kappa shape index (κ3) is 5.79. The Hall–Kier alpha value is -1.80. The third-order valence-corrected chi connectivity index (χ3v) is 9.39. The van der Waals surface area contributed by atoms with Gasteiger partial charge in [-0.25, -0.2) is 8.42 Å². The van der Waals surface area contributed by atoms with Crippen LogP contribution in [0.15, 0.2) is 47.4 Å². The van der Waals surface area contributed by atoms with Gasteiger partial charge in [0.1, 0.15) is 16.7 Å². The quantitative estimate of drug-likeness (QED) is 0.477. The molecule has 1 saturated carbocycles. The molecule has 190 valence electrons. The van der Waals surface area contributed by atoms with Gasteiger partial charge in [0, 0.05) is 24.7 Å². The standard InChI is InChI=1S/C26H32Cl2N2O4S/c1-2-15-29-16-7-8-17-30(35(32,33)25-18-19(27)13-14-21(25)28)22-10-4-6-12-24(22)34-23-11-5-3-9-20(23)26(29)31/h3,5,9,11,13-14,18,22,24H,2,4,6-8,10,12,15-17H2,1H3/t22-,24+/m1/s1. The SMILES string of the molecule is CCCN1CCCCN(S(=O)(=O)c2cc(Cl)ccc2Cl)[C@@H]2CCCC[C@@H]2Oc2ccccc2C1=O. The first-order valence-electron chi connectivity index (χ1n) is 12.3. The number of ether oxygens (including phenoxy) is 1. The normalized spacial score (nSPS) is 22.4. The molecule has 2 aliphatic rings. The van der Waals surface area contributed by atoms with Crippen LogP contribution in [0, 0.1) is 0 Å². The van der Waals surface area contributed by atoms with Crippen LogP contribution in [-0.4, -0.2) is 55.3 Å². The van der Waals surface area contributed by atoms with Crippen LogP contribution in [0.4, 0.5) is 0 Å². The van der Waals surface area contributed by atoms with Crippen molar-refractivity contribution in [2.45, 2.75) is 68.9 Å². The van der Waals surface area contributed by atoms with Gasteiger partial charge in [0.15, 0.2) is 0 Å². The monoisotopic (exact) mass is 538 g/mol. The van der Waals surface area contributed by atoms with E-state index in [0.29, 0.717) is 61.7 Å². The maximum Gasteiger partial charge on any atom is 0.257 e. The van der Waals surface area contributed by atoms with E-state index in [9.17, 15) is 13.2 Å². The summed E-state index contributed by atoms with van der Waals surface area (Å²) < 4.78 is 36.0. The lowest BCUT2D eigenvalue weighted by Crippen LogP contribution is -2.51. The lowest BCUT2D eigenvalue weighted by atomic mass is 9.92. The van der Waals surface area contributed by atoms with E-state index in [1.807, 2.05) is 30.0 Å². The van der Waals surface area contributed by atoms with E-state index < -0.39 is 10.0 Å². The molecule has 1 amide bonds. The highest BCUT2D eigenvalue weighted by molar-refractivity contribution is 7.89. The Morgan fingerprint density at radius 2 is 1.74 bits per heavy atom. The molecule has 35 heavy (non-hydrogen) atoms. The van der Waals surface area contributed by atoms with Gasteiger partial charge in [0.2, 0.25) is 10.0 Å². The summed E-state index contributed by atoms with van der Waals surface area (Å²) in [5, 5.41) is 0.472. The number of sulfonamides is 1. The van der Waals surface area contributed by atoms with Crippen molar-refractivity contribution in [3.8, 4) is 5.75 Å². The van der Waals surface area contributed by atoms with E-state index >= 15 is 0 Å². The summed E-state index contributed by atoms with van der Waals surface area (Å²) in [6.07, 6.45) is 5.02. The number of carbonyl (C=O) groups excluding carboxylic acids is 1. The van der Waals surface area contributed by atoms with E-state index in [1.54, 1.807) is 16.4 Å². The first-order chi connectivity index (χ1) is 16.8. The minimum absolute atomic E-state index is 0.0197. The molecule has 4 rings (SSSR count). The van der Waals surface area contributed by atoms with Gasteiger partial charge in [-0.2, -0.15) is 4.31 Å². The number of para-hydroxylation sites is 1. The number of rotatable bonds is 4. The van der Waals surface area contributed by atoms with Crippen molar-refractivity contribution in [3.63, 3.8) is 0 Å². The molecule has 2 aromatic rings. The van der Waals surface area contributed by atoms with Crippen LogP contribution in [0.3, 0.4) is 0 Å². The molecule has 0 spiro atoms. The number of hydrogen-bond donors (Lipinski definition) is 0. The molecule has 0 bridgehead atoms. The molecule has 1 aliphatic heterocycles. The molecule has 9 heteroatoms. The van der Waals surface area contributed by atoms with Gasteiger partial charge < -0.3 is 9.64 Å². The van der Waals surface area contributed by atoms with Crippen molar-refractivity contribution in [3.05, 3.63) is 58.1 Å². The van der Waals surface area contributed by atoms with Crippen molar-refractivity contribution in [2.24, 2.45) is 0 Å². The van der Waals surface area contributed by atoms with Crippen molar-refractivity contribution in [2.75, 3.05) is 19.6 Å². The first kappa shape index (κ1) is 26.3. The van der Waals surface area contributed by atoms with Crippen LogP contribution in [0.2, 0.25) is 10.0 Å². The highest BCUT2D eigenvalue weighted by Crippen LogP contribution is 2.35. The topological polar surface area (TPSA) is 66.9 Å². The van der Waals surface area contributed by atoms with Crippen LogP contribution >= 0.6 is 23.2 Å². The smallest absolute Gasteiger partial charge is 0.257 e. The van der Waals surface area contributed by atoms with E-state index in [4.69, 9.17) is 27.9 Å². The van der Waals surface area contributed by atoms with E-state index in [1.165, 1.54) is 12.1 Å². The zero-order valence-corrected chi connectivity index (χ0v) is 22.3. The fourth-order valence-corrected chi connectivity index (χ4v) is 7.50. The van der Waals surface area contributed by atoms with Crippen molar-refractivity contribution in [1.82, 2.24) is 9.21 Å². The molecule has 1 fully saturated rings. The molecule has 6 nitrogen and oxygen atoms in total. The third-order valence-electron chi connectivity index (χ3n) is 6.75. The number of hydrogen-bond acceptors (Lipinski definition) is 4. The number of fused-ring (bicyclic) bond motifs is 2. The summed E-state index contributed by atoms with van der Waals surface area (Å²) in [7, 11) is -3.93. The van der Waals surface area contributed by atoms with Crippen LogP contribution in [0.5, 0.6) is 5.75 Å². The summed E-state index contributed by atoms with van der Waals surface area (Å²) in [6, 6.07) is 11.5. The Kier molecular flexibility index (Phi) is 8.63. The van der Waals surface area contributed by atoms with Gasteiger partial charge in [0.05, 0.1) is 16.6 Å². The molecule has 0 saturated heterocycles. The zero-order chi connectivity index (χ0) is 25.0.